The van der Waals surface area contributed by atoms with Crippen LogP contribution in [0.4, 0.5) is 0 Å². The van der Waals surface area contributed by atoms with Crippen molar-refractivity contribution in [1.82, 2.24) is 15.0 Å². The third-order valence-electron chi connectivity index (χ3n) is 5.51. The molecule has 1 amide bonds. The Labute approximate surface area is 168 Å². The number of ether oxygens (including phenoxy) is 2. The van der Waals surface area contributed by atoms with Crippen molar-refractivity contribution in [2.75, 3.05) is 39.4 Å². The first-order valence-electron chi connectivity index (χ1n) is 9.98. The lowest BCUT2D eigenvalue weighted by atomic mass is 10.1. The minimum absolute atomic E-state index is 0.100. The molecule has 0 spiro atoms. The number of aromatic nitrogens is 1. The first-order valence-corrected chi connectivity index (χ1v) is 9.98. The van der Waals surface area contributed by atoms with E-state index in [1.807, 2.05) is 35.2 Å². The number of para-hydroxylation sites is 1. The van der Waals surface area contributed by atoms with Gasteiger partial charge in [-0.2, -0.15) is 0 Å². The summed E-state index contributed by atoms with van der Waals surface area (Å²) in [6, 6.07) is 13.8. The van der Waals surface area contributed by atoms with E-state index in [4.69, 9.17) is 14.0 Å². The van der Waals surface area contributed by atoms with Crippen molar-refractivity contribution in [2.24, 2.45) is 0 Å². The Balaban J connectivity index is 1.17. The SMILES string of the molecule is O=C(Cc1noc2ccccc12)N1CCN(Cc2ccc3c(c2)OCCO3)CC1. The lowest BCUT2D eigenvalue weighted by Crippen LogP contribution is -2.48. The van der Waals surface area contributed by atoms with Crippen molar-refractivity contribution in [2.45, 2.75) is 13.0 Å². The van der Waals surface area contributed by atoms with Crippen LogP contribution in [0, 0.1) is 0 Å². The summed E-state index contributed by atoms with van der Waals surface area (Å²) in [6.07, 6.45) is 0.277. The smallest absolute Gasteiger partial charge is 0.228 e. The summed E-state index contributed by atoms with van der Waals surface area (Å²) < 4.78 is 16.6. The third kappa shape index (κ3) is 3.78. The molecule has 29 heavy (non-hydrogen) atoms. The van der Waals surface area contributed by atoms with Gasteiger partial charge in [-0.15, -0.1) is 0 Å². The molecular formula is C22H23N3O4. The molecule has 1 saturated heterocycles. The number of hydrogen-bond acceptors (Lipinski definition) is 6. The minimum atomic E-state index is 0.100. The molecule has 2 aromatic carbocycles. The van der Waals surface area contributed by atoms with E-state index in [2.05, 4.69) is 22.2 Å². The summed E-state index contributed by atoms with van der Waals surface area (Å²) >= 11 is 0. The van der Waals surface area contributed by atoms with Gasteiger partial charge in [0.2, 0.25) is 5.91 Å². The van der Waals surface area contributed by atoms with Gasteiger partial charge < -0.3 is 18.9 Å². The Morgan fingerprint density at radius 3 is 2.62 bits per heavy atom. The lowest BCUT2D eigenvalue weighted by Gasteiger charge is -2.34. The number of fused-ring (bicyclic) bond motifs is 2. The Kier molecular flexibility index (Phi) is 4.81. The van der Waals surface area contributed by atoms with Crippen LogP contribution < -0.4 is 9.47 Å². The number of piperazine rings is 1. The third-order valence-corrected chi connectivity index (χ3v) is 5.51. The van der Waals surface area contributed by atoms with Crippen LogP contribution in [0.2, 0.25) is 0 Å². The molecule has 1 aromatic heterocycles. The molecule has 0 radical (unpaired) electrons. The minimum Gasteiger partial charge on any atom is -0.486 e. The van der Waals surface area contributed by atoms with Crippen molar-refractivity contribution in [1.29, 1.82) is 0 Å². The Morgan fingerprint density at radius 1 is 0.966 bits per heavy atom. The fourth-order valence-electron chi connectivity index (χ4n) is 3.92. The Morgan fingerprint density at radius 2 is 1.76 bits per heavy atom. The highest BCUT2D eigenvalue weighted by atomic mass is 16.6. The lowest BCUT2D eigenvalue weighted by molar-refractivity contribution is -0.132. The molecule has 3 aromatic rings. The first kappa shape index (κ1) is 18.0. The van der Waals surface area contributed by atoms with E-state index in [9.17, 15) is 4.79 Å². The largest absolute Gasteiger partial charge is 0.486 e. The highest BCUT2D eigenvalue weighted by molar-refractivity contribution is 5.86. The molecule has 7 nitrogen and oxygen atoms in total. The number of nitrogens with zero attached hydrogens (tertiary/aromatic N) is 3. The monoisotopic (exact) mass is 393 g/mol. The summed E-state index contributed by atoms with van der Waals surface area (Å²) in [4.78, 5) is 17.0. The zero-order chi connectivity index (χ0) is 19.6. The van der Waals surface area contributed by atoms with Gasteiger partial charge in [0.15, 0.2) is 17.1 Å². The van der Waals surface area contributed by atoms with E-state index in [0.717, 1.165) is 55.2 Å². The predicted octanol–water partition coefficient (Wildman–Crippen LogP) is 2.49. The first-order chi connectivity index (χ1) is 14.3. The van der Waals surface area contributed by atoms with Crippen LogP contribution in [0.3, 0.4) is 0 Å². The van der Waals surface area contributed by atoms with Gasteiger partial charge in [0.1, 0.15) is 18.9 Å². The van der Waals surface area contributed by atoms with Gasteiger partial charge in [0.05, 0.1) is 6.42 Å². The maximum atomic E-state index is 12.7. The fraction of sp³-hybridized carbons (Fsp3) is 0.364. The van der Waals surface area contributed by atoms with Crippen molar-refractivity contribution >= 4 is 16.9 Å². The average Bonchev–Trinajstić information content (AvgIpc) is 3.17. The van der Waals surface area contributed by atoms with Gasteiger partial charge in [0, 0.05) is 38.1 Å². The molecule has 0 unspecified atom stereocenters. The van der Waals surface area contributed by atoms with Crippen LogP contribution in [0.15, 0.2) is 47.0 Å². The van der Waals surface area contributed by atoms with Gasteiger partial charge in [-0.1, -0.05) is 23.4 Å². The molecule has 3 heterocycles. The Bertz CT molecular complexity index is 1020. The standard InChI is InChI=1S/C22H23N3O4/c26-22(14-18-17-3-1-2-4-19(17)29-23-18)25-9-7-24(8-10-25)15-16-5-6-20-21(13-16)28-12-11-27-20/h1-6,13H,7-12,14-15H2. The van der Waals surface area contributed by atoms with E-state index in [1.165, 1.54) is 5.56 Å². The van der Waals surface area contributed by atoms with E-state index in [0.29, 0.717) is 18.9 Å². The molecule has 0 atom stereocenters. The van der Waals surface area contributed by atoms with E-state index >= 15 is 0 Å². The maximum absolute atomic E-state index is 12.7. The maximum Gasteiger partial charge on any atom is 0.228 e. The average molecular weight is 393 g/mol. The molecule has 1 fully saturated rings. The Hall–Kier alpha value is -3.06. The van der Waals surface area contributed by atoms with Crippen LogP contribution >= 0.6 is 0 Å². The molecule has 0 saturated carbocycles. The number of carbonyl (C=O) groups excluding carboxylic acids is 1. The molecular weight excluding hydrogens is 370 g/mol. The predicted molar refractivity (Wildman–Crippen MR) is 107 cm³/mol. The summed E-state index contributed by atoms with van der Waals surface area (Å²) in [7, 11) is 0. The molecule has 5 rings (SSSR count). The molecule has 0 bridgehead atoms. The van der Waals surface area contributed by atoms with Crippen LogP contribution in [0.5, 0.6) is 11.5 Å². The zero-order valence-corrected chi connectivity index (χ0v) is 16.2. The number of amides is 1. The highest BCUT2D eigenvalue weighted by Gasteiger charge is 2.23. The van der Waals surface area contributed by atoms with Gasteiger partial charge in [-0.25, -0.2) is 0 Å². The van der Waals surface area contributed by atoms with Gasteiger partial charge in [-0.05, 0) is 29.8 Å². The number of rotatable bonds is 4. The summed E-state index contributed by atoms with van der Waals surface area (Å²) in [5.74, 6) is 1.74. The van der Waals surface area contributed by atoms with E-state index in [1.54, 1.807) is 0 Å². The summed E-state index contributed by atoms with van der Waals surface area (Å²) in [6.45, 7) is 5.18. The second kappa shape index (κ2) is 7.75. The quantitative estimate of drug-likeness (QED) is 0.678. The van der Waals surface area contributed by atoms with E-state index < -0.39 is 0 Å². The second-order valence-corrected chi connectivity index (χ2v) is 7.44. The van der Waals surface area contributed by atoms with Crippen molar-refractivity contribution in [3.8, 4) is 11.5 Å². The molecule has 2 aliphatic rings. The molecule has 7 heteroatoms. The highest BCUT2D eigenvalue weighted by Crippen LogP contribution is 2.31. The van der Waals surface area contributed by atoms with E-state index in [-0.39, 0.29) is 12.3 Å². The molecule has 2 aliphatic heterocycles. The zero-order valence-electron chi connectivity index (χ0n) is 16.2. The number of carbonyl (C=O) groups is 1. The van der Waals surface area contributed by atoms with Crippen LogP contribution in [-0.2, 0) is 17.8 Å². The molecule has 0 aliphatic carbocycles. The van der Waals surface area contributed by atoms with Crippen molar-refractivity contribution in [3.05, 3.63) is 53.7 Å². The van der Waals surface area contributed by atoms with Crippen molar-refractivity contribution in [3.63, 3.8) is 0 Å². The molecule has 0 N–H and O–H groups in total. The molecule has 150 valence electrons. The second-order valence-electron chi connectivity index (χ2n) is 7.44. The van der Waals surface area contributed by atoms with Gasteiger partial charge in [0.25, 0.3) is 0 Å². The van der Waals surface area contributed by atoms with Gasteiger partial charge >= 0.3 is 0 Å². The summed E-state index contributed by atoms with van der Waals surface area (Å²) in [5, 5.41) is 5.00. The summed E-state index contributed by atoms with van der Waals surface area (Å²) in [5.41, 5.74) is 2.63. The van der Waals surface area contributed by atoms with Crippen molar-refractivity contribution < 1.29 is 18.8 Å². The number of benzene rings is 2. The van der Waals surface area contributed by atoms with Crippen LogP contribution in [0.25, 0.3) is 11.0 Å². The van der Waals surface area contributed by atoms with Crippen LogP contribution in [-0.4, -0.2) is 60.3 Å². The van der Waals surface area contributed by atoms with Crippen LogP contribution in [0.1, 0.15) is 11.3 Å². The fourth-order valence-corrected chi connectivity index (χ4v) is 3.92. The number of hydrogen-bond donors (Lipinski definition) is 0. The topological polar surface area (TPSA) is 68.0 Å². The normalized spacial score (nSPS) is 16.9. The van der Waals surface area contributed by atoms with Gasteiger partial charge in [-0.3, -0.25) is 9.69 Å².